The summed E-state index contributed by atoms with van der Waals surface area (Å²) in [4.78, 5) is 4.86. The molecule has 0 atom stereocenters. The summed E-state index contributed by atoms with van der Waals surface area (Å²) in [6.07, 6.45) is 0. The van der Waals surface area contributed by atoms with Gasteiger partial charge in [-0.05, 0) is 141 Å². The molecule has 10 aromatic carbocycles. The van der Waals surface area contributed by atoms with Crippen molar-refractivity contribution in [1.29, 1.82) is 10.5 Å². The first kappa shape index (κ1) is 39.9. The zero-order chi connectivity index (χ0) is 44.1. The standard InChI is InChI=1S/C60H46N4/c1-39-16-22-45(43-24-18-41(37-61)19-25-43)34-54(39)63(50-12-8-6-9-13-50)56-36-57(53-31-29-48-33-49(60(3,4)5)32-47-28-30-52(56)59(53)58(47)48)64(51-14-10-7-11-15-51)55-35-46(23-17-40(55)2)44-26-20-42(38-62)21-27-44/h6-36H,1-5H3. The van der Waals surface area contributed by atoms with Gasteiger partial charge in [-0.3, -0.25) is 0 Å². The molecule has 0 fully saturated rings. The van der Waals surface area contributed by atoms with Crippen LogP contribution in [0.4, 0.5) is 34.1 Å². The molecule has 10 aromatic rings. The molecule has 306 valence electrons. The average Bonchev–Trinajstić information content (AvgIpc) is 3.33. The Bertz CT molecular complexity index is 3220. The third kappa shape index (κ3) is 7.06. The molecule has 0 heterocycles. The smallest absolute Gasteiger partial charge is 0.0991 e. The molecule has 0 aromatic heterocycles. The number of aryl methyl sites for hydroxylation is 2. The van der Waals surface area contributed by atoms with Crippen LogP contribution in [-0.4, -0.2) is 0 Å². The molecule has 4 heteroatoms. The molecule has 64 heavy (non-hydrogen) atoms. The van der Waals surface area contributed by atoms with Crippen molar-refractivity contribution in [2.75, 3.05) is 9.80 Å². The largest absolute Gasteiger partial charge is 0.310 e. The van der Waals surface area contributed by atoms with Crippen molar-refractivity contribution in [1.82, 2.24) is 0 Å². The first-order chi connectivity index (χ1) is 31.1. The molecular weight excluding hydrogens is 777 g/mol. The van der Waals surface area contributed by atoms with E-state index in [0.29, 0.717) is 11.1 Å². The van der Waals surface area contributed by atoms with Crippen LogP contribution in [0.15, 0.2) is 188 Å². The fourth-order valence-electron chi connectivity index (χ4n) is 9.19. The van der Waals surface area contributed by atoms with E-state index in [-0.39, 0.29) is 5.41 Å². The number of hydrogen-bond donors (Lipinski definition) is 0. The molecule has 0 saturated carbocycles. The predicted molar refractivity (Wildman–Crippen MR) is 268 cm³/mol. The molecular formula is C60H46N4. The van der Waals surface area contributed by atoms with Crippen LogP contribution in [0, 0.1) is 36.5 Å². The Morgan fingerprint density at radius 2 is 0.797 bits per heavy atom. The predicted octanol–water partition coefficient (Wildman–Crippen LogP) is 16.5. The Morgan fingerprint density at radius 1 is 0.391 bits per heavy atom. The Hall–Kier alpha value is -8.18. The number of rotatable bonds is 8. The molecule has 0 aliphatic rings. The average molecular weight is 823 g/mol. The summed E-state index contributed by atoms with van der Waals surface area (Å²) >= 11 is 0. The van der Waals surface area contributed by atoms with E-state index in [1.54, 1.807) is 0 Å². The van der Waals surface area contributed by atoms with Crippen LogP contribution in [0.25, 0.3) is 54.6 Å². The molecule has 10 rings (SSSR count). The van der Waals surface area contributed by atoms with Gasteiger partial charge in [0.1, 0.15) is 0 Å². The lowest BCUT2D eigenvalue weighted by Crippen LogP contribution is -2.16. The number of benzene rings is 10. The number of hydrogen-bond acceptors (Lipinski definition) is 4. The van der Waals surface area contributed by atoms with Gasteiger partial charge in [0.25, 0.3) is 0 Å². The molecule has 0 spiro atoms. The first-order valence-corrected chi connectivity index (χ1v) is 21.8. The molecule has 0 bridgehead atoms. The highest BCUT2D eigenvalue weighted by Crippen LogP contribution is 2.52. The minimum atomic E-state index is -0.0239. The van der Waals surface area contributed by atoms with Gasteiger partial charge in [-0.1, -0.05) is 142 Å². The van der Waals surface area contributed by atoms with E-state index in [2.05, 4.69) is 196 Å². The highest BCUT2D eigenvalue weighted by atomic mass is 15.2. The topological polar surface area (TPSA) is 54.1 Å². The van der Waals surface area contributed by atoms with E-state index in [4.69, 9.17) is 0 Å². The van der Waals surface area contributed by atoms with Crippen LogP contribution >= 0.6 is 0 Å². The highest BCUT2D eigenvalue weighted by Gasteiger charge is 2.27. The Balaban J connectivity index is 1.31. The van der Waals surface area contributed by atoms with Crippen LogP contribution in [0.2, 0.25) is 0 Å². The second-order valence-electron chi connectivity index (χ2n) is 17.8. The molecule has 0 amide bonds. The summed E-state index contributed by atoms with van der Waals surface area (Å²) in [5.41, 5.74) is 15.4. The van der Waals surface area contributed by atoms with Crippen molar-refractivity contribution in [2.24, 2.45) is 0 Å². The van der Waals surface area contributed by atoms with Crippen molar-refractivity contribution in [2.45, 2.75) is 40.0 Å². The fourth-order valence-corrected chi connectivity index (χ4v) is 9.19. The summed E-state index contributed by atoms with van der Waals surface area (Å²) in [7, 11) is 0. The number of nitrogens with zero attached hydrogens (tertiary/aromatic N) is 4. The van der Waals surface area contributed by atoms with Gasteiger partial charge >= 0.3 is 0 Å². The Kier molecular flexibility index (Phi) is 9.94. The maximum atomic E-state index is 9.58. The third-order valence-electron chi connectivity index (χ3n) is 12.6. The zero-order valence-corrected chi connectivity index (χ0v) is 36.7. The summed E-state index contributed by atoms with van der Waals surface area (Å²) in [5.74, 6) is 0. The van der Waals surface area contributed by atoms with E-state index in [1.165, 1.54) is 27.1 Å². The molecule has 0 aliphatic heterocycles. The molecule has 0 unspecified atom stereocenters. The lowest BCUT2D eigenvalue weighted by atomic mass is 9.83. The quantitative estimate of drug-likeness (QED) is 0.143. The van der Waals surface area contributed by atoms with Gasteiger partial charge in [0, 0.05) is 38.9 Å². The van der Waals surface area contributed by atoms with Gasteiger partial charge in [0.2, 0.25) is 0 Å². The van der Waals surface area contributed by atoms with Gasteiger partial charge in [-0.25, -0.2) is 0 Å². The van der Waals surface area contributed by atoms with E-state index in [0.717, 1.165) is 78.3 Å². The fraction of sp³-hybridized carbons (Fsp3) is 0.100. The second kappa shape index (κ2) is 15.9. The van der Waals surface area contributed by atoms with Crippen LogP contribution in [0.5, 0.6) is 0 Å². The molecule has 0 aliphatic carbocycles. The van der Waals surface area contributed by atoms with E-state index in [9.17, 15) is 10.5 Å². The van der Waals surface area contributed by atoms with Gasteiger partial charge in [0.15, 0.2) is 0 Å². The molecule has 4 nitrogen and oxygen atoms in total. The minimum absolute atomic E-state index is 0.0239. The summed E-state index contributed by atoms with van der Waals surface area (Å²) in [6.45, 7) is 11.2. The maximum Gasteiger partial charge on any atom is 0.0991 e. The van der Waals surface area contributed by atoms with Crippen LogP contribution < -0.4 is 9.80 Å². The van der Waals surface area contributed by atoms with E-state index >= 15 is 0 Å². The number of anilines is 6. The minimum Gasteiger partial charge on any atom is -0.310 e. The van der Waals surface area contributed by atoms with Crippen molar-refractivity contribution in [3.05, 3.63) is 216 Å². The monoisotopic (exact) mass is 822 g/mol. The summed E-state index contributed by atoms with van der Waals surface area (Å²) < 4.78 is 0. The first-order valence-electron chi connectivity index (χ1n) is 21.8. The maximum absolute atomic E-state index is 9.58. The van der Waals surface area contributed by atoms with Crippen molar-refractivity contribution in [3.63, 3.8) is 0 Å². The molecule has 0 N–H and O–H groups in total. The zero-order valence-electron chi connectivity index (χ0n) is 36.7. The van der Waals surface area contributed by atoms with E-state index in [1.807, 2.05) is 48.5 Å². The normalized spacial score (nSPS) is 11.5. The molecule has 0 radical (unpaired) electrons. The van der Waals surface area contributed by atoms with E-state index < -0.39 is 0 Å². The number of nitriles is 2. The van der Waals surface area contributed by atoms with Crippen LogP contribution in [0.1, 0.15) is 48.6 Å². The van der Waals surface area contributed by atoms with Gasteiger partial charge in [0.05, 0.1) is 34.6 Å². The van der Waals surface area contributed by atoms with Crippen molar-refractivity contribution < 1.29 is 0 Å². The lowest BCUT2D eigenvalue weighted by molar-refractivity contribution is 0.591. The van der Waals surface area contributed by atoms with Gasteiger partial charge in [-0.2, -0.15) is 10.5 Å². The van der Waals surface area contributed by atoms with Crippen molar-refractivity contribution >= 4 is 66.4 Å². The third-order valence-corrected chi connectivity index (χ3v) is 12.6. The lowest BCUT2D eigenvalue weighted by Gasteiger charge is -2.34. The second-order valence-corrected chi connectivity index (χ2v) is 17.8. The Labute approximate surface area is 375 Å². The summed E-state index contributed by atoms with van der Waals surface area (Å²) in [6, 6.07) is 71.4. The summed E-state index contributed by atoms with van der Waals surface area (Å²) in [5, 5.41) is 26.4. The van der Waals surface area contributed by atoms with Crippen LogP contribution in [0.3, 0.4) is 0 Å². The highest BCUT2D eigenvalue weighted by molar-refractivity contribution is 6.29. The van der Waals surface area contributed by atoms with Gasteiger partial charge < -0.3 is 9.80 Å². The SMILES string of the molecule is Cc1ccc(-c2ccc(C#N)cc2)cc1N(c1ccccc1)c1cc(N(c2ccccc2)c2cc(-c3ccc(C#N)cc3)ccc2C)c2ccc3cc(C(C)(C)C)cc4ccc1c2c43. The van der Waals surface area contributed by atoms with Crippen molar-refractivity contribution in [3.8, 4) is 34.4 Å². The van der Waals surface area contributed by atoms with Gasteiger partial charge in [-0.15, -0.1) is 0 Å². The Morgan fingerprint density at radius 3 is 1.19 bits per heavy atom. The molecule has 0 saturated heterocycles. The number of para-hydroxylation sites is 2. The van der Waals surface area contributed by atoms with Crippen LogP contribution in [-0.2, 0) is 5.41 Å².